The van der Waals surface area contributed by atoms with E-state index in [0.717, 1.165) is 12.2 Å². The zero-order valence-corrected chi connectivity index (χ0v) is 12.2. The third-order valence-corrected chi connectivity index (χ3v) is 4.34. The average Bonchev–Trinajstić information content (AvgIpc) is 3.05. The van der Waals surface area contributed by atoms with Gasteiger partial charge in [0, 0.05) is 19.5 Å². The van der Waals surface area contributed by atoms with Crippen molar-refractivity contribution >= 4 is 11.9 Å². The molecule has 1 aliphatic rings. The molecule has 1 aliphatic heterocycles. The van der Waals surface area contributed by atoms with Gasteiger partial charge in [0.15, 0.2) is 5.76 Å². The minimum Gasteiger partial charge on any atom is -0.481 e. The highest BCUT2D eigenvalue weighted by Crippen LogP contribution is 2.38. The second kappa shape index (κ2) is 5.31. The van der Waals surface area contributed by atoms with E-state index >= 15 is 0 Å². The van der Waals surface area contributed by atoms with E-state index in [4.69, 9.17) is 4.42 Å². The van der Waals surface area contributed by atoms with Gasteiger partial charge in [0.05, 0.1) is 5.41 Å². The number of aryl methyl sites for hydroxylation is 1. The molecule has 5 nitrogen and oxygen atoms in total. The Labute approximate surface area is 118 Å². The van der Waals surface area contributed by atoms with Crippen molar-refractivity contribution in [2.45, 2.75) is 33.6 Å². The van der Waals surface area contributed by atoms with E-state index in [2.05, 4.69) is 0 Å². The van der Waals surface area contributed by atoms with Crippen LogP contribution in [0.3, 0.4) is 0 Å². The molecule has 1 aromatic rings. The van der Waals surface area contributed by atoms with E-state index in [1.165, 1.54) is 0 Å². The molecule has 0 radical (unpaired) electrons. The highest BCUT2D eigenvalue weighted by atomic mass is 16.4. The second-order valence-electron chi connectivity index (χ2n) is 5.71. The van der Waals surface area contributed by atoms with Crippen LogP contribution in [0.1, 0.15) is 43.5 Å². The summed E-state index contributed by atoms with van der Waals surface area (Å²) in [6.45, 7) is 6.46. The maximum atomic E-state index is 12.3. The Bertz CT molecular complexity index is 520. The number of hydrogen-bond donors (Lipinski definition) is 1. The van der Waals surface area contributed by atoms with Crippen LogP contribution in [0.25, 0.3) is 0 Å². The number of amides is 1. The topological polar surface area (TPSA) is 70.8 Å². The summed E-state index contributed by atoms with van der Waals surface area (Å²) in [4.78, 5) is 25.5. The van der Waals surface area contributed by atoms with Gasteiger partial charge in [0.25, 0.3) is 5.91 Å². The molecular formula is C15H21NO4. The van der Waals surface area contributed by atoms with E-state index < -0.39 is 11.4 Å². The lowest BCUT2D eigenvalue weighted by molar-refractivity contribution is -0.150. The van der Waals surface area contributed by atoms with Crippen molar-refractivity contribution in [3.63, 3.8) is 0 Å². The van der Waals surface area contributed by atoms with Crippen LogP contribution in [-0.4, -0.2) is 35.0 Å². The molecule has 2 rings (SSSR count). The van der Waals surface area contributed by atoms with Gasteiger partial charge in [0.2, 0.25) is 0 Å². The van der Waals surface area contributed by atoms with Crippen molar-refractivity contribution in [2.24, 2.45) is 11.3 Å². The maximum Gasteiger partial charge on any atom is 0.311 e. The Balaban J connectivity index is 2.16. The minimum absolute atomic E-state index is 0.0133. The molecule has 1 N–H and O–H groups in total. The zero-order valence-electron chi connectivity index (χ0n) is 12.2. The summed E-state index contributed by atoms with van der Waals surface area (Å²) < 4.78 is 5.46. The fraction of sp³-hybridized carbons (Fsp3) is 0.600. The number of carbonyl (C=O) groups is 2. The second-order valence-corrected chi connectivity index (χ2v) is 5.71. The summed E-state index contributed by atoms with van der Waals surface area (Å²) in [5, 5.41) is 9.49. The third kappa shape index (κ3) is 2.32. The predicted molar refractivity (Wildman–Crippen MR) is 73.5 cm³/mol. The number of carboxylic acid groups (broad SMARTS) is 1. The monoisotopic (exact) mass is 279 g/mol. The molecule has 0 aliphatic carbocycles. The molecule has 1 fully saturated rings. The number of nitrogens with zero attached hydrogens (tertiary/aromatic N) is 1. The molecule has 2 heterocycles. The van der Waals surface area contributed by atoms with E-state index in [9.17, 15) is 14.7 Å². The average molecular weight is 279 g/mol. The Morgan fingerprint density at radius 1 is 1.45 bits per heavy atom. The van der Waals surface area contributed by atoms with Gasteiger partial charge in [0.1, 0.15) is 5.76 Å². The number of carboxylic acids is 1. The van der Waals surface area contributed by atoms with Crippen molar-refractivity contribution in [1.29, 1.82) is 0 Å². The van der Waals surface area contributed by atoms with Gasteiger partial charge in [-0.25, -0.2) is 0 Å². The predicted octanol–water partition coefficient (Wildman–Crippen LogP) is 2.41. The van der Waals surface area contributed by atoms with Gasteiger partial charge in [-0.2, -0.15) is 0 Å². The normalized spacial score (nSPS) is 22.5. The van der Waals surface area contributed by atoms with Crippen LogP contribution in [-0.2, 0) is 11.2 Å². The first kappa shape index (κ1) is 14.6. The van der Waals surface area contributed by atoms with Crippen LogP contribution in [0.15, 0.2) is 16.5 Å². The van der Waals surface area contributed by atoms with Crippen LogP contribution < -0.4 is 0 Å². The molecule has 20 heavy (non-hydrogen) atoms. The quantitative estimate of drug-likeness (QED) is 0.918. The first-order valence-electron chi connectivity index (χ1n) is 7.02. The van der Waals surface area contributed by atoms with Crippen LogP contribution in [0.2, 0.25) is 0 Å². The summed E-state index contributed by atoms with van der Waals surface area (Å²) in [7, 11) is 0. The summed E-state index contributed by atoms with van der Waals surface area (Å²) in [5.74, 6) is 0.0123. The van der Waals surface area contributed by atoms with Gasteiger partial charge >= 0.3 is 5.97 Å². The van der Waals surface area contributed by atoms with E-state index in [1.807, 2.05) is 20.8 Å². The number of likely N-dealkylation sites (tertiary alicyclic amines) is 1. The van der Waals surface area contributed by atoms with E-state index in [1.54, 1.807) is 17.0 Å². The molecular weight excluding hydrogens is 258 g/mol. The van der Waals surface area contributed by atoms with Crippen LogP contribution in [0.4, 0.5) is 0 Å². The van der Waals surface area contributed by atoms with Gasteiger partial charge < -0.3 is 14.4 Å². The molecule has 1 aromatic heterocycles. The lowest BCUT2D eigenvalue weighted by atomic mass is 9.76. The van der Waals surface area contributed by atoms with Gasteiger partial charge in [-0.05, 0) is 24.5 Å². The molecule has 0 spiro atoms. The molecule has 1 amide bonds. The highest BCUT2D eigenvalue weighted by Gasteiger charge is 2.48. The van der Waals surface area contributed by atoms with Crippen molar-refractivity contribution in [3.8, 4) is 0 Å². The van der Waals surface area contributed by atoms with Crippen molar-refractivity contribution in [1.82, 2.24) is 4.90 Å². The molecule has 5 heteroatoms. The fourth-order valence-corrected chi connectivity index (χ4v) is 2.74. The summed E-state index contributed by atoms with van der Waals surface area (Å²) in [6.07, 6.45) is 1.23. The van der Waals surface area contributed by atoms with Crippen LogP contribution in [0, 0.1) is 11.3 Å². The molecule has 110 valence electrons. The Morgan fingerprint density at radius 3 is 2.60 bits per heavy atom. The summed E-state index contributed by atoms with van der Waals surface area (Å²) in [5.41, 5.74) is -0.837. The Hall–Kier alpha value is -1.78. The number of aliphatic carboxylic acids is 1. The van der Waals surface area contributed by atoms with Crippen LogP contribution >= 0.6 is 0 Å². The Morgan fingerprint density at radius 2 is 2.15 bits per heavy atom. The first-order valence-corrected chi connectivity index (χ1v) is 7.02. The van der Waals surface area contributed by atoms with Gasteiger partial charge in [-0.15, -0.1) is 0 Å². The molecule has 0 saturated carbocycles. The van der Waals surface area contributed by atoms with Crippen molar-refractivity contribution in [3.05, 3.63) is 23.7 Å². The van der Waals surface area contributed by atoms with Crippen molar-refractivity contribution in [2.75, 3.05) is 13.1 Å². The molecule has 0 bridgehead atoms. The number of rotatable bonds is 4. The molecule has 0 aromatic carbocycles. The van der Waals surface area contributed by atoms with E-state index in [0.29, 0.717) is 18.7 Å². The van der Waals surface area contributed by atoms with Crippen LogP contribution in [0.5, 0.6) is 0 Å². The number of carbonyl (C=O) groups excluding carboxylic acids is 1. The van der Waals surface area contributed by atoms with Gasteiger partial charge in [-0.1, -0.05) is 20.8 Å². The first-order chi connectivity index (χ1) is 9.40. The van der Waals surface area contributed by atoms with E-state index in [-0.39, 0.29) is 18.4 Å². The third-order valence-electron chi connectivity index (χ3n) is 4.34. The lowest BCUT2D eigenvalue weighted by Crippen LogP contribution is -2.40. The Kier molecular flexibility index (Phi) is 3.88. The zero-order chi connectivity index (χ0) is 14.9. The lowest BCUT2D eigenvalue weighted by Gasteiger charge is -2.28. The van der Waals surface area contributed by atoms with Gasteiger partial charge in [-0.3, -0.25) is 9.59 Å². The highest BCUT2D eigenvalue weighted by molar-refractivity contribution is 5.92. The molecule has 1 saturated heterocycles. The number of furan rings is 1. The fourth-order valence-electron chi connectivity index (χ4n) is 2.74. The summed E-state index contributed by atoms with van der Waals surface area (Å²) in [6, 6.07) is 3.45. The molecule has 1 atom stereocenters. The number of hydrogen-bond acceptors (Lipinski definition) is 3. The summed E-state index contributed by atoms with van der Waals surface area (Å²) >= 11 is 0. The smallest absolute Gasteiger partial charge is 0.311 e. The standard InChI is InChI=1S/C15H21NO4/c1-4-11-5-6-12(20-11)13(17)16-8-7-15(9-16,10(2)3)14(18)19/h5-6,10H,4,7-9H2,1-3H3,(H,18,19). The molecule has 1 unspecified atom stereocenters. The van der Waals surface area contributed by atoms with Crippen molar-refractivity contribution < 1.29 is 19.1 Å². The largest absolute Gasteiger partial charge is 0.481 e. The minimum atomic E-state index is -0.837. The maximum absolute atomic E-state index is 12.3. The SMILES string of the molecule is CCc1ccc(C(=O)N2CCC(C(=O)O)(C(C)C)C2)o1.